The standard InChI is InChI=1S/C14H25N5O/c1-11-13(14(20-3)17(2)16-11)10-18-4-6-19(7-5-18)12-8-15-9-12/h12,15H,4-10H2,1-3H3. The molecule has 112 valence electrons. The normalized spacial score (nSPS) is 21.9. The van der Waals surface area contributed by atoms with Crippen LogP contribution in [0.5, 0.6) is 5.88 Å². The van der Waals surface area contributed by atoms with Gasteiger partial charge >= 0.3 is 0 Å². The molecule has 1 aromatic rings. The average Bonchev–Trinajstić information content (AvgIpc) is 2.64. The molecular weight excluding hydrogens is 254 g/mol. The summed E-state index contributed by atoms with van der Waals surface area (Å²) in [5.74, 6) is 0.896. The lowest BCUT2D eigenvalue weighted by atomic mass is 10.1. The number of nitrogens with one attached hydrogen (secondary N) is 1. The van der Waals surface area contributed by atoms with Gasteiger partial charge in [0, 0.05) is 58.9 Å². The Morgan fingerprint density at radius 3 is 2.50 bits per heavy atom. The van der Waals surface area contributed by atoms with Crippen molar-refractivity contribution in [2.75, 3.05) is 46.4 Å². The highest BCUT2D eigenvalue weighted by Crippen LogP contribution is 2.23. The van der Waals surface area contributed by atoms with Crippen LogP contribution in [0.15, 0.2) is 0 Å². The highest BCUT2D eigenvalue weighted by molar-refractivity contribution is 5.30. The molecule has 3 rings (SSSR count). The Kier molecular flexibility index (Phi) is 3.96. The minimum Gasteiger partial charge on any atom is -0.481 e. The molecule has 0 aliphatic carbocycles. The third kappa shape index (κ3) is 2.55. The van der Waals surface area contributed by atoms with Crippen molar-refractivity contribution < 1.29 is 4.74 Å². The second kappa shape index (κ2) is 5.71. The number of hydrogen-bond donors (Lipinski definition) is 1. The third-order valence-corrected chi connectivity index (χ3v) is 4.55. The van der Waals surface area contributed by atoms with Gasteiger partial charge in [-0.05, 0) is 6.92 Å². The first-order valence-corrected chi connectivity index (χ1v) is 7.42. The van der Waals surface area contributed by atoms with Crippen LogP contribution in [-0.2, 0) is 13.6 Å². The first-order chi connectivity index (χ1) is 9.69. The number of rotatable bonds is 4. The van der Waals surface area contributed by atoms with E-state index in [0.29, 0.717) is 0 Å². The molecule has 6 nitrogen and oxygen atoms in total. The van der Waals surface area contributed by atoms with E-state index in [1.807, 2.05) is 11.7 Å². The van der Waals surface area contributed by atoms with Gasteiger partial charge in [0.15, 0.2) is 0 Å². The minimum atomic E-state index is 0.770. The van der Waals surface area contributed by atoms with E-state index in [1.54, 1.807) is 7.11 Å². The number of methoxy groups -OCH3 is 1. The van der Waals surface area contributed by atoms with Crippen LogP contribution < -0.4 is 10.1 Å². The second-order valence-electron chi connectivity index (χ2n) is 5.82. The number of piperazine rings is 1. The Labute approximate surface area is 120 Å². The van der Waals surface area contributed by atoms with Crippen molar-refractivity contribution in [3.05, 3.63) is 11.3 Å². The Hall–Kier alpha value is -1.11. The topological polar surface area (TPSA) is 45.6 Å². The third-order valence-electron chi connectivity index (χ3n) is 4.55. The highest BCUT2D eigenvalue weighted by atomic mass is 16.5. The van der Waals surface area contributed by atoms with Gasteiger partial charge in [0.2, 0.25) is 5.88 Å². The van der Waals surface area contributed by atoms with Crippen LogP contribution >= 0.6 is 0 Å². The lowest BCUT2D eigenvalue weighted by Gasteiger charge is -2.43. The van der Waals surface area contributed by atoms with Crippen LogP contribution in [0.25, 0.3) is 0 Å². The van der Waals surface area contributed by atoms with E-state index in [9.17, 15) is 0 Å². The molecule has 0 amide bonds. The molecule has 0 bridgehead atoms. The van der Waals surface area contributed by atoms with Gasteiger partial charge in [-0.3, -0.25) is 9.80 Å². The zero-order chi connectivity index (χ0) is 14.1. The van der Waals surface area contributed by atoms with Crippen LogP contribution in [0.4, 0.5) is 0 Å². The lowest BCUT2D eigenvalue weighted by molar-refractivity contribution is 0.0691. The van der Waals surface area contributed by atoms with Crippen LogP contribution in [0, 0.1) is 6.92 Å². The SMILES string of the molecule is COc1c(CN2CCN(C3CNC3)CC2)c(C)nn1C. The molecule has 0 saturated carbocycles. The van der Waals surface area contributed by atoms with Gasteiger partial charge in [-0.15, -0.1) is 0 Å². The van der Waals surface area contributed by atoms with Crippen LogP contribution in [0.2, 0.25) is 0 Å². The Morgan fingerprint density at radius 1 is 1.25 bits per heavy atom. The Morgan fingerprint density at radius 2 is 1.95 bits per heavy atom. The summed E-state index contributed by atoms with van der Waals surface area (Å²) in [7, 11) is 3.67. The smallest absolute Gasteiger partial charge is 0.216 e. The summed E-state index contributed by atoms with van der Waals surface area (Å²) in [5, 5.41) is 7.81. The summed E-state index contributed by atoms with van der Waals surface area (Å²) in [4.78, 5) is 5.12. The highest BCUT2D eigenvalue weighted by Gasteiger charge is 2.28. The van der Waals surface area contributed by atoms with Crippen LogP contribution in [0.1, 0.15) is 11.3 Å². The average molecular weight is 279 g/mol. The van der Waals surface area contributed by atoms with Crippen molar-refractivity contribution in [3.63, 3.8) is 0 Å². The van der Waals surface area contributed by atoms with Crippen molar-refractivity contribution in [2.45, 2.75) is 19.5 Å². The molecule has 0 spiro atoms. The molecule has 20 heavy (non-hydrogen) atoms. The Balaban J connectivity index is 1.59. The molecule has 2 aliphatic heterocycles. The second-order valence-corrected chi connectivity index (χ2v) is 5.82. The number of nitrogens with zero attached hydrogens (tertiary/aromatic N) is 4. The van der Waals surface area contributed by atoms with Gasteiger partial charge in [-0.1, -0.05) is 0 Å². The number of hydrogen-bond acceptors (Lipinski definition) is 5. The number of ether oxygens (including phenoxy) is 1. The molecular formula is C14H25N5O. The molecule has 0 atom stereocenters. The Bertz CT molecular complexity index is 460. The summed E-state index contributed by atoms with van der Waals surface area (Å²) in [6.45, 7) is 9.95. The van der Waals surface area contributed by atoms with E-state index in [4.69, 9.17) is 4.74 Å². The molecule has 3 heterocycles. The molecule has 0 aromatic carbocycles. The first kappa shape index (κ1) is 13.9. The quantitative estimate of drug-likeness (QED) is 0.829. The summed E-state index contributed by atoms with van der Waals surface area (Å²) in [5.41, 5.74) is 2.31. The maximum Gasteiger partial charge on any atom is 0.216 e. The van der Waals surface area contributed by atoms with E-state index >= 15 is 0 Å². The number of aryl methyl sites for hydroxylation is 2. The molecule has 2 fully saturated rings. The van der Waals surface area contributed by atoms with E-state index in [1.165, 1.54) is 18.7 Å². The van der Waals surface area contributed by atoms with Crippen LogP contribution in [-0.4, -0.2) is 72.0 Å². The summed E-state index contributed by atoms with van der Waals surface area (Å²) >= 11 is 0. The fraction of sp³-hybridized carbons (Fsp3) is 0.786. The van der Waals surface area contributed by atoms with Gasteiger partial charge in [0.05, 0.1) is 18.4 Å². The van der Waals surface area contributed by atoms with Crippen molar-refractivity contribution in [1.29, 1.82) is 0 Å². The summed E-state index contributed by atoms with van der Waals surface area (Å²) in [6, 6.07) is 0.770. The predicted molar refractivity (Wildman–Crippen MR) is 78.0 cm³/mol. The monoisotopic (exact) mass is 279 g/mol. The van der Waals surface area contributed by atoms with Crippen LogP contribution in [0.3, 0.4) is 0 Å². The largest absolute Gasteiger partial charge is 0.481 e. The molecule has 2 aliphatic rings. The van der Waals surface area contributed by atoms with Gasteiger partial charge in [0.1, 0.15) is 0 Å². The molecule has 2 saturated heterocycles. The van der Waals surface area contributed by atoms with E-state index < -0.39 is 0 Å². The zero-order valence-electron chi connectivity index (χ0n) is 12.7. The van der Waals surface area contributed by atoms with Crippen molar-refractivity contribution in [3.8, 4) is 5.88 Å². The zero-order valence-corrected chi connectivity index (χ0v) is 12.7. The molecule has 0 unspecified atom stereocenters. The van der Waals surface area contributed by atoms with Crippen molar-refractivity contribution in [1.82, 2.24) is 24.9 Å². The molecule has 1 aromatic heterocycles. The molecule has 0 radical (unpaired) electrons. The summed E-state index contributed by atoms with van der Waals surface area (Å²) < 4.78 is 7.31. The number of aromatic nitrogens is 2. The van der Waals surface area contributed by atoms with Gasteiger partial charge in [0.25, 0.3) is 0 Å². The van der Waals surface area contributed by atoms with Gasteiger partial charge in [-0.25, -0.2) is 4.68 Å². The maximum atomic E-state index is 5.48. The van der Waals surface area contributed by atoms with Crippen molar-refractivity contribution >= 4 is 0 Å². The van der Waals surface area contributed by atoms with Gasteiger partial charge < -0.3 is 10.1 Å². The first-order valence-electron chi connectivity index (χ1n) is 7.42. The van der Waals surface area contributed by atoms with E-state index in [2.05, 4.69) is 27.1 Å². The predicted octanol–water partition coefficient (Wildman–Crippen LogP) is -0.173. The van der Waals surface area contributed by atoms with Gasteiger partial charge in [-0.2, -0.15) is 5.10 Å². The molecule has 6 heteroatoms. The molecule has 1 N–H and O–H groups in total. The lowest BCUT2D eigenvalue weighted by Crippen LogP contribution is -2.61. The van der Waals surface area contributed by atoms with Crippen molar-refractivity contribution in [2.24, 2.45) is 7.05 Å². The fourth-order valence-corrected chi connectivity index (χ4v) is 3.16. The van der Waals surface area contributed by atoms with E-state index in [0.717, 1.165) is 50.3 Å². The van der Waals surface area contributed by atoms with E-state index in [-0.39, 0.29) is 0 Å². The maximum absolute atomic E-state index is 5.48. The summed E-state index contributed by atoms with van der Waals surface area (Å²) in [6.07, 6.45) is 0. The minimum absolute atomic E-state index is 0.770. The fourth-order valence-electron chi connectivity index (χ4n) is 3.16.